The molecule has 1 aromatic rings. The Kier molecular flexibility index (Phi) is 6.23. The molecule has 0 aliphatic carbocycles. The van der Waals surface area contributed by atoms with Gasteiger partial charge in [0.2, 0.25) is 10.0 Å². The summed E-state index contributed by atoms with van der Waals surface area (Å²) in [5.74, 6) is -0.224. The Morgan fingerprint density at radius 1 is 1.04 bits per heavy atom. The number of amides is 1. The zero-order valence-corrected chi connectivity index (χ0v) is 17.2. The van der Waals surface area contributed by atoms with E-state index >= 15 is 0 Å². The molecule has 27 heavy (non-hydrogen) atoms. The Labute approximate surface area is 163 Å². The summed E-state index contributed by atoms with van der Waals surface area (Å²) in [5, 5.41) is 3.00. The summed E-state index contributed by atoms with van der Waals surface area (Å²) in [4.78, 5) is 15.3. The fourth-order valence-electron chi connectivity index (χ4n) is 3.89. The quantitative estimate of drug-likeness (QED) is 0.806. The lowest BCUT2D eigenvalue weighted by Crippen LogP contribution is -2.53. The summed E-state index contributed by atoms with van der Waals surface area (Å²) in [6, 6.07) is 6.39. The molecule has 2 aliphatic rings. The largest absolute Gasteiger partial charge is 0.350 e. The lowest BCUT2D eigenvalue weighted by Gasteiger charge is -2.41. The maximum absolute atomic E-state index is 12.7. The first-order chi connectivity index (χ1) is 12.8. The van der Waals surface area contributed by atoms with Crippen LogP contribution in [0.3, 0.4) is 0 Å². The number of sulfonamides is 1. The number of hydrogen-bond acceptors (Lipinski definition) is 4. The smallest absolute Gasteiger partial charge is 0.251 e. The molecule has 0 radical (unpaired) electrons. The molecule has 1 amide bonds. The normalized spacial score (nSPS) is 19.9. The Hall–Kier alpha value is -1.44. The zero-order valence-electron chi connectivity index (χ0n) is 16.4. The van der Waals surface area contributed by atoms with Crippen molar-refractivity contribution in [3.05, 3.63) is 29.8 Å². The van der Waals surface area contributed by atoms with Crippen LogP contribution in [0, 0.1) is 0 Å². The van der Waals surface area contributed by atoms with Crippen molar-refractivity contribution in [2.45, 2.75) is 56.4 Å². The molecule has 6 nitrogen and oxygen atoms in total. The molecular formula is C20H31N3O3S. The van der Waals surface area contributed by atoms with Gasteiger partial charge in [-0.2, -0.15) is 4.31 Å². The molecule has 0 saturated carbocycles. The molecule has 0 aromatic heterocycles. The topological polar surface area (TPSA) is 69.7 Å². The molecule has 0 unspecified atom stereocenters. The van der Waals surface area contributed by atoms with Crippen LogP contribution in [0.5, 0.6) is 0 Å². The molecular weight excluding hydrogens is 362 g/mol. The van der Waals surface area contributed by atoms with Crippen LogP contribution in [0.2, 0.25) is 0 Å². The molecule has 2 fully saturated rings. The second-order valence-corrected chi connectivity index (χ2v) is 10.1. The summed E-state index contributed by atoms with van der Waals surface area (Å²) in [6.07, 6.45) is 5.47. The van der Waals surface area contributed by atoms with Gasteiger partial charge in [0.15, 0.2) is 0 Å². The number of piperidine rings is 1. The van der Waals surface area contributed by atoms with Crippen molar-refractivity contribution in [1.29, 1.82) is 0 Å². The molecule has 0 spiro atoms. The highest BCUT2D eigenvalue weighted by molar-refractivity contribution is 7.89. The predicted octanol–water partition coefficient (Wildman–Crippen LogP) is 2.47. The van der Waals surface area contributed by atoms with Crippen molar-refractivity contribution in [3.8, 4) is 0 Å². The van der Waals surface area contributed by atoms with Gasteiger partial charge in [0.05, 0.1) is 4.90 Å². The van der Waals surface area contributed by atoms with E-state index in [9.17, 15) is 13.2 Å². The Bertz CT molecular complexity index is 764. The minimum atomic E-state index is -3.51. The monoisotopic (exact) mass is 393 g/mol. The second-order valence-electron chi connectivity index (χ2n) is 8.18. The standard InChI is InChI=1S/C20H31N3O3S/c1-20(2,22-11-4-3-5-12-22)16-21-19(24)17-9-8-10-18(15-17)27(25,26)23-13-6-7-14-23/h8-10,15H,3-7,11-14,16H2,1-2H3,(H,21,24). The maximum Gasteiger partial charge on any atom is 0.251 e. The molecule has 150 valence electrons. The number of rotatable bonds is 6. The Morgan fingerprint density at radius 3 is 2.33 bits per heavy atom. The van der Waals surface area contributed by atoms with Crippen molar-refractivity contribution in [3.63, 3.8) is 0 Å². The highest BCUT2D eigenvalue weighted by atomic mass is 32.2. The summed E-state index contributed by atoms with van der Waals surface area (Å²) >= 11 is 0. The van der Waals surface area contributed by atoms with E-state index in [4.69, 9.17) is 0 Å². The molecule has 1 aromatic carbocycles. The van der Waals surface area contributed by atoms with Crippen molar-refractivity contribution >= 4 is 15.9 Å². The fraction of sp³-hybridized carbons (Fsp3) is 0.650. The van der Waals surface area contributed by atoms with E-state index in [0.29, 0.717) is 25.2 Å². The molecule has 2 heterocycles. The van der Waals surface area contributed by atoms with E-state index in [0.717, 1.165) is 25.9 Å². The van der Waals surface area contributed by atoms with Gasteiger partial charge in [-0.3, -0.25) is 9.69 Å². The first-order valence-corrected chi connectivity index (χ1v) is 11.4. The van der Waals surface area contributed by atoms with Crippen LogP contribution < -0.4 is 5.32 Å². The number of hydrogen-bond donors (Lipinski definition) is 1. The SMILES string of the molecule is CC(C)(CNC(=O)c1cccc(S(=O)(=O)N2CCCC2)c1)N1CCCCC1. The average Bonchev–Trinajstić information content (AvgIpc) is 3.23. The average molecular weight is 394 g/mol. The molecule has 0 bridgehead atoms. The third-order valence-corrected chi connectivity index (χ3v) is 7.59. The van der Waals surface area contributed by atoms with E-state index in [-0.39, 0.29) is 16.3 Å². The van der Waals surface area contributed by atoms with Gasteiger partial charge in [-0.15, -0.1) is 0 Å². The van der Waals surface area contributed by atoms with Crippen LogP contribution in [0.4, 0.5) is 0 Å². The Balaban J connectivity index is 1.66. The number of nitrogens with one attached hydrogen (secondary N) is 1. The molecule has 2 aliphatic heterocycles. The lowest BCUT2D eigenvalue weighted by atomic mass is 9.98. The Morgan fingerprint density at radius 2 is 1.67 bits per heavy atom. The number of nitrogens with zero attached hydrogens (tertiary/aromatic N) is 2. The van der Waals surface area contributed by atoms with E-state index in [1.165, 1.54) is 29.6 Å². The lowest BCUT2D eigenvalue weighted by molar-refractivity contribution is 0.0797. The van der Waals surface area contributed by atoms with E-state index < -0.39 is 10.0 Å². The third kappa shape index (κ3) is 4.70. The summed E-state index contributed by atoms with van der Waals surface area (Å²) in [7, 11) is -3.51. The second kappa shape index (κ2) is 8.29. The van der Waals surface area contributed by atoms with Gasteiger partial charge < -0.3 is 5.32 Å². The van der Waals surface area contributed by atoms with E-state index in [1.54, 1.807) is 18.2 Å². The van der Waals surface area contributed by atoms with Gasteiger partial charge in [0.25, 0.3) is 5.91 Å². The molecule has 7 heteroatoms. The van der Waals surface area contributed by atoms with E-state index in [1.807, 2.05) is 0 Å². The minimum Gasteiger partial charge on any atom is -0.350 e. The summed E-state index contributed by atoms with van der Waals surface area (Å²) in [5.41, 5.74) is 0.277. The van der Waals surface area contributed by atoms with Gasteiger partial charge in [-0.25, -0.2) is 8.42 Å². The maximum atomic E-state index is 12.7. The highest BCUT2D eigenvalue weighted by Crippen LogP contribution is 2.22. The van der Waals surface area contributed by atoms with Crippen LogP contribution in [0.25, 0.3) is 0 Å². The molecule has 3 rings (SSSR count). The summed E-state index contributed by atoms with van der Waals surface area (Å²) in [6.45, 7) is 8.07. The predicted molar refractivity (Wildman–Crippen MR) is 106 cm³/mol. The number of likely N-dealkylation sites (tertiary alicyclic amines) is 1. The van der Waals surface area contributed by atoms with Crippen LogP contribution in [0.1, 0.15) is 56.3 Å². The van der Waals surface area contributed by atoms with Gasteiger partial charge >= 0.3 is 0 Å². The van der Waals surface area contributed by atoms with Crippen molar-refractivity contribution in [1.82, 2.24) is 14.5 Å². The summed E-state index contributed by atoms with van der Waals surface area (Å²) < 4.78 is 26.9. The van der Waals surface area contributed by atoms with Gasteiger partial charge in [-0.1, -0.05) is 12.5 Å². The molecule has 2 saturated heterocycles. The zero-order chi connectivity index (χ0) is 19.5. The number of benzene rings is 1. The van der Waals surface area contributed by atoms with Crippen LogP contribution in [-0.4, -0.2) is 61.8 Å². The fourth-order valence-corrected chi connectivity index (χ4v) is 5.45. The van der Waals surface area contributed by atoms with Gasteiger partial charge in [-0.05, 0) is 70.8 Å². The number of carbonyl (C=O) groups excluding carboxylic acids is 1. The van der Waals surface area contributed by atoms with Crippen molar-refractivity contribution < 1.29 is 13.2 Å². The first kappa shape index (κ1) is 20.3. The first-order valence-electron chi connectivity index (χ1n) is 9.94. The van der Waals surface area contributed by atoms with Gasteiger partial charge in [0, 0.05) is 30.7 Å². The van der Waals surface area contributed by atoms with Crippen molar-refractivity contribution in [2.75, 3.05) is 32.7 Å². The highest BCUT2D eigenvalue weighted by Gasteiger charge is 2.29. The van der Waals surface area contributed by atoms with Crippen LogP contribution >= 0.6 is 0 Å². The van der Waals surface area contributed by atoms with Crippen LogP contribution in [-0.2, 0) is 10.0 Å². The molecule has 0 atom stereocenters. The van der Waals surface area contributed by atoms with E-state index in [2.05, 4.69) is 24.1 Å². The van der Waals surface area contributed by atoms with Crippen LogP contribution in [0.15, 0.2) is 29.2 Å². The molecule has 1 N–H and O–H groups in total. The van der Waals surface area contributed by atoms with Crippen molar-refractivity contribution in [2.24, 2.45) is 0 Å². The third-order valence-electron chi connectivity index (χ3n) is 5.69. The minimum absolute atomic E-state index is 0.116. The number of carbonyl (C=O) groups is 1. The van der Waals surface area contributed by atoms with Gasteiger partial charge in [0.1, 0.15) is 0 Å².